The van der Waals surface area contributed by atoms with Gasteiger partial charge in [0.2, 0.25) is 5.91 Å². The number of rotatable bonds is 5. The van der Waals surface area contributed by atoms with Crippen molar-refractivity contribution in [2.24, 2.45) is 4.99 Å². The van der Waals surface area contributed by atoms with Crippen LogP contribution in [-0.4, -0.2) is 55.8 Å². The van der Waals surface area contributed by atoms with Crippen LogP contribution in [0.15, 0.2) is 29.3 Å². The van der Waals surface area contributed by atoms with Crippen LogP contribution in [0.4, 0.5) is 5.69 Å². The highest BCUT2D eigenvalue weighted by Gasteiger charge is 2.40. The Kier molecular flexibility index (Phi) is 6.86. The molecule has 0 aromatic heterocycles. The fraction of sp³-hybridized carbons (Fsp3) is 0.579. The van der Waals surface area contributed by atoms with Gasteiger partial charge in [-0.05, 0) is 38.0 Å². The van der Waals surface area contributed by atoms with Crippen LogP contribution in [0, 0.1) is 0 Å². The minimum absolute atomic E-state index is 0.0199. The van der Waals surface area contributed by atoms with E-state index < -0.39 is 14.6 Å². The lowest BCUT2D eigenvalue weighted by Crippen LogP contribution is -2.57. The largest absolute Gasteiger partial charge is 0.352 e. The molecule has 1 aromatic carbocycles. The molecule has 1 aliphatic heterocycles. The number of guanidine groups is 1. The number of anilines is 1. The van der Waals surface area contributed by atoms with E-state index in [0.29, 0.717) is 32.0 Å². The van der Waals surface area contributed by atoms with Crippen LogP contribution in [0.3, 0.4) is 0 Å². The fourth-order valence-corrected chi connectivity index (χ4v) is 4.36. The number of hydrogen-bond acceptors (Lipinski definition) is 4. The molecule has 1 saturated heterocycles. The van der Waals surface area contributed by atoms with E-state index in [0.717, 1.165) is 17.7 Å². The molecule has 2 N–H and O–H groups in total. The van der Waals surface area contributed by atoms with Gasteiger partial charge in [0.1, 0.15) is 0 Å². The molecule has 1 aromatic rings. The number of nitrogens with one attached hydrogen (secondary N) is 2. The fourth-order valence-electron chi connectivity index (χ4n) is 2.99. The lowest BCUT2D eigenvalue weighted by molar-refractivity contribution is -0.116. The van der Waals surface area contributed by atoms with Gasteiger partial charge in [0.15, 0.2) is 15.8 Å². The van der Waals surface area contributed by atoms with Crippen molar-refractivity contribution < 1.29 is 13.2 Å². The van der Waals surface area contributed by atoms with Gasteiger partial charge in [-0.25, -0.2) is 8.42 Å². The second-order valence-electron chi connectivity index (χ2n) is 7.40. The van der Waals surface area contributed by atoms with Crippen molar-refractivity contribution in [2.45, 2.75) is 44.9 Å². The maximum absolute atomic E-state index is 12.2. The summed E-state index contributed by atoms with van der Waals surface area (Å²) < 4.78 is 23.6. The maximum atomic E-state index is 12.2. The van der Waals surface area contributed by atoms with E-state index in [1.807, 2.05) is 36.1 Å². The Bertz CT molecular complexity index is 786. The van der Waals surface area contributed by atoms with E-state index in [2.05, 4.69) is 15.6 Å². The molecule has 0 saturated carbocycles. The molecule has 8 heteroatoms. The first-order valence-electron chi connectivity index (χ1n) is 9.25. The van der Waals surface area contributed by atoms with Crippen molar-refractivity contribution in [2.75, 3.05) is 31.2 Å². The number of carbonyl (C=O) groups excluding carboxylic acids is 1. The average Bonchev–Trinajstić information content (AvgIpc) is 2.60. The highest BCUT2D eigenvalue weighted by molar-refractivity contribution is 7.92. The molecule has 27 heavy (non-hydrogen) atoms. The van der Waals surface area contributed by atoms with Gasteiger partial charge in [0.05, 0.1) is 10.5 Å². The molecule has 1 heterocycles. The zero-order valence-corrected chi connectivity index (χ0v) is 17.4. The van der Waals surface area contributed by atoms with E-state index in [1.165, 1.54) is 0 Å². The van der Waals surface area contributed by atoms with Crippen molar-refractivity contribution >= 4 is 27.4 Å². The summed E-state index contributed by atoms with van der Waals surface area (Å²) >= 11 is 0. The van der Waals surface area contributed by atoms with Gasteiger partial charge in [-0.2, -0.15) is 0 Å². The van der Waals surface area contributed by atoms with Gasteiger partial charge < -0.3 is 15.5 Å². The molecular formula is C19H30N4O3S. The van der Waals surface area contributed by atoms with Crippen LogP contribution in [0.5, 0.6) is 0 Å². The SMILES string of the molecule is CCCC(=O)Nc1ccc(CNC(=NC)N2CCS(=O)(=O)C(C)(C)C2)cc1. The van der Waals surface area contributed by atoms with Crippen LogP contribution in [-0.2, 0) is 21.2 Å². The highest BCUT2D eigenvalue weighted by Crippen LogP contribution is 2.23. The normalized spacial score (nSPS) is 18.8. The quantitative estimate of drug-likeness (QED) is 0.589. The van der Waals surface area contributed by atoms with Crippen LogP contribution in [0.1, 0.15) is 39.2 Å². The molecule has 0 atom stereocenters. The Morgan fingerprint density at radius 2 is 1.93 bits per heavy atom. The summed E-state index contributed by atoms with van der Waals surface area (Å²) in [5.41, 5.74) is 1.83. The molecule has 7 nitrogen and oxygen atoms in total. The van der Waals surface area contributed by atoms with Crippen LogP contribution >= 0.6 is 0 Å². The van der Waals surface area contributed by atoms with Crippen LogP contribution in [0.2, 0.25) is 0 Å². The summed E-state index contributed by atoms with van der Waals surface area (Å²) in [4.78, 5) is 17.9. The number of amides is 1. The average molecular weight is 395 g/mol. The Morgan fingerprint density at radius 1 is 1.26 bits per heavy atom. The third-order valence-electron chi connectivity index (χ3n) is 4.72. The predicted octanol–water partition coefficient (Wildman–Crippen LogP) is 2.01. The predicted molar refractivity (Wildman–Crippen MR) is 110 cm³/mol. The molecule has 0 unspecified atom stereocenters. The summed E-state index contributed by atoms with van der Waals surface area (Å²) in [6, 6.07) is 7.66. The standard InChI is InChI=1S/C19H30N4O3S/c1-5-6-17(24)22-16-9-7-15(8-10-16)13-21-18(20-4)23-11-12-27(25,26)19(2,3)14-23/h7-10H,5-6,11-14H2,1-4H3,(H,20,21)(H,22,24). The third kappa shape index (κ3) is 5.45. The summed E-state index contributed by atoms with van der Waals surface area (Å²) in [5.74, 6) is 0.845. The first kappa shape index (κ1) is 21.2. The second-order valence-corrected chi connectivity index (χ2v) is 10.1. The van der Waals surface area contributed by atoms with Gasteiger partial charge in [-0.1, -0.05) is 19.1 Å². The van der Waals surface area contributed by atoms with E-state index >= 15 is 0 Å². The number of nitrogens with zero attached hydrogens (tertiary/aromatic N) is 2. The molecular weight excluding hydrogens is 364 g/mol. The van der Waals surface area contributed by atoms with Gasteiger partial charge >= 0.3 is 0 Å². The maximum Gasteiger partial charge on any atom is 0.224 e. The number of carbonyl (C=O) groups is 1. The molecule has 1 fully saturated rings. The van der Waals surface area contributed by atoms with E-state index in [1.54, 1.807) is 20.9 Å². The topological polar surface area (TPSA) is 90.9 Å². The van der Waals surface area contributed by atoms with E-state index in [4.69, 9.17) is 0 Å². The summed E-state index contributed by atoms with van der Waals surface area (Å²) in [6.45, 7) is 6.91. The van der Waals surface area contributed by atoms with Crippen LogP contribution < -0.4 is 10.6 Å². The summed E-state index contributed by atoms with van der Waals surface area (Å²) in [6.07, 6.45) is 1.34. The summed E-state index contributed by atoms with van der Waals surface area (Å²) in [7, 11) is -1.38. The Hall–Kier alpha value is -2.09. The molecule has 0 bridgehead atoms. The van der Waals surface area contributed by atoms with Gasteiger partial charge in [0.25, 0.3) is 0 Å². The smallest absolute Gasteiger partial charge is 0.224 e. The number of aliphatic imine (C=N–C) groups is 1. The van der Waals surface area contributed by atoms with E-state index in [-0.39, 0.29) is 11.7 Å². The second kappa shape index (κ2) is 8.73. The van der Waals surface area contributed by atoms with Crippen molar-refractivity contribution in [1.29, 1.82) is 0 Å². The Balaban J connectivity index is 1.94. The summed E-state index contributed by atoms with van der Waals surface area (Å²) in [5, 5.41) is 6.16. The first-order chi connectivity index (χ1) is 12.7. The monoisotopic (exact) mass is 394 g/mol. The molecule has 1 amide bonds. The van der Waals surface area contributed by atoms with Crippen molar-refractivity contribution in [3.63, 3.8) is 0 Å². The molecule has 0 aliphatic carbocycles. The van der Waals surface area contributed by atoms with Gasteiger partial charge in [-0.3, -0.25) is 9.79 Å². The zero-order chi connectivity index (χ0) is 20.1. The minimum atomic E-state index is -3.08. The van der Waals surface area contributed by atoms with Gasteiger partial charge in [0, 0.05) is 38.8 Å². The lowest BCUT2D eigenvalue weighted by atomic mass is 10.2. The van der Waals surface area contributed by atoms with Crippen molar-refractivity contribution in [3.8, 4) is 0 Å². The molecule has 1 aliphatic rings. The molecule has 2 rings (SSSR count). The Morgan fingerprint density at radius 3 is 2.48 bits per heavy atom. The number of hydrogen-bond donors (Lipinski definition) is 2. The van der Waals surface area contributed by atoms with Crippen molar-refractivity contribution in [3.05, 3.63) is 29.8 Å². The minimum Gasteiger partial charge on any atom is -0.352 e. The molecule has 0 radical (unpaired) electrons. The van der Waals surface area contributed by atoms with Crippen molar-refractivity contribution in [1.82, 2.24) is 10.2 Å². The number of sulfone groups is 1. The lowest BCUT2D eigenvalue weighted by Gasteiger charge is -2.39. The highest BCUT2D eigenvalue weighted by atomic mass is 32.2. The number of benzene rings is 1. The molecule has 150 valence electrons. The third-order valence-corrected chi connectivity index (χ3v) is 7.25. The molecule has 0 spiro atoms. The Labute approximate surface area is 162 Å². The zero-order valence-electron chi connectivity index (χ0n) is 16.6. The van der Waals surface area contributed by atoms with Crippen LogP contribution in [0.25, 0.3) is 0 Å². The van der Waals surface area contributed by atoms with E-state index in [9.17, 15) is 13.2 Å². The first-order valence-corrected chi connectivity index (χ1v) is 10.9. The van der Waals surface area contributed by atoms with Gasteiger partial charge in [-0.15, -0.1) is 0 Å².